The number of hydrogen-bond acceptors (Lipinski definition) is 4. The first kappa shape index (κ1) is 18.1. The van der Waals surface area contributed by atoms with Crippen LogP contribution in [0.25, 0.3) is 0 Å². The molecule has 0 N–H and O–H groups in total. The number of amides is 1. The molecule has 2 aliphatic heterocycles. The maximum absolute atomic E-state index is 14.0. The zero-order chi connectivity index (χ0) is 19.0. The third-order valence-electron chi connectivity index (χ3n) is 5.83. The Morgan fingerprint density at radius 3 is 2.89 bits per heavy atom. The molecule has 2 aliphatic rings. The van der Waals surface area contributed by atoms with Crippen molar-refractivity contribution in [2.45, 2.75) is 32.7 Å². The largest absolute Gasteiger partial charge is 0.438 e. The van der Waals surface area contributed by atoms with Crippen molar-refractivity contribution >= 4 is 5.91 Å². The number of aryl methyl sites for hydroxylation is 1. The molecule has 7 heteroatoms. The number of carbonyl (C=O) groups is 1. The van der Waals surface area contributed by atoms with Gasteiger partial charge >= 0.3 is 0 Å². The SMILES string of the molecule is Cc1ncoc1C(=O)N1CC[C@@]2(CCCN(Cc3cccc(F)c3F)C2)C1. The number of nitrogens with zero attached hydrogens (tertiary/aromatic N) is 3. The van der Waals surface area contributed by atoms with Crippen molar-refractivity contribution in [3.8, 4) is 0 Å². The topological polar surface area (TPSA) is 49.6 Å². The first-order valence-corrected chi connectivity index (χ1v) is 9.32. The zero-order valence-electron chi connectivity index (χ0n) is 15.4. The van der Waals surface area contributed by atoms with Gasteiger partial charge in [0.1, 0.15) is 0 Å². The monoisotopic (exact) mass is 375 g/mol. The summed E-state index contributed by atoms with van der Waals surface area (Å²) in [5.74, 6) is -1.38. The highest BCUT2D eigenvalue weighted by Crippen LogP contribution is 2.40. The number of oxazole rings is 1. The fourth-order valence-electron chi connectivity index (χ4n) is 4.45. The van der Waals surface area contributed by atoms with Gasteiger partial charge in [-0.25, -0.2) is 13.8 Å². The van der Waals surface area contributed by atoms with Gasteiger partial charge in [-0.3, -0.25) is 9.69 Å². The molecule has 0 aliphatic carbocycles. The molecular weight excluding hydrogens is 352 g/mol. The van der Waals surface area contributed by atoms with E-state index in [4.69, 9.17) is 4.42 Å². The van der Waals surface area contributed by atoms with E-state index in [2.05, 4.69) is 9.88 Å². The molecule has 3 heterocycles. The van der Waals surface area contributed by atoms with Crippen molar-refractivity contribution in [3.05, 3.63) is 53.2 Å². The quantitative estimate of drug-likeness (QED) is 0.825. The van der Waals surface area contributed by atoms with E-state index in [0.29, 0.717) is 36.7 Å². The number of rotatable bonds is 3. The van der Waals surface area contributed by atoms with E-state index in [0.717, 1.165) is 38.4 Å². The Hall–Kier alpha value is -2.28. The maximum atomic E-state index is 14.0. The average Bonchev–Trinajstić information content (AvgIpc) is 3.25. The van der Waals surface area contributed by atoms with Gasteiger partial charge in [-0.05, 0) is 38.8 Å². The van der Waals surface area contributed by atoms with E-state index in [1.54, 1.807) is 19.1 Å². The molecule has 1 atom stereocenters. The summed E-state index contributed by atoms with van der Waals surface area (Å²) in [7, 11) is 0. The van der Waals surface area contributed by atoms with Crippen molar-refractivity contribution in [3.63, 3.8) is 0 Å². The van der Waals surface area contributed by atoms with Gasteiger partial charge in [-0.2, -0.15) is 0 Å². The Morgan fingerprint density at radius 2 is 2.11 bits per heavy atom. The summed E-state index contributed by atoms with van der Waals surface area (Å²) in [6, 6.07) is 4.32. The summed E-state index contributed by atoms with van der Waals surface area (Å²) in [5.41, 5.74) is 0.995. The van der Waals surface area contributed by atoms with Crippen LogP contribution in [0.3, 0.4) is 0 Å². The van der Waals surface area contributed by atoms with Crippen LogP contribution in [0.2, 0.25) is 0 Å². The summed E-state index contributed by atoms with van der Waals surface area (Å²) >= 11 is 0. The van der Waals surface area contributed by atoms with Gasteiger partial charge in [-0.15, -0.1) is 0 Å². The minimum Gasteiger partial charge on any atom is -0.438 e. The van der Waals surface area contributed by atoms with Crippen molar-refractivity contribution < 1.29 is 18.0 Å². The van der Waals surface area contributed by atoms with Gasteiger partial charge in [0.05, 0.1) is 5.69 Å². The van der Waals surface area contributed by atoms with Gasteiger partial charge in [0.25, 0.3) is 5.91 Å². The fraction of sp³-hybridized carbons (Fsp3) is 0.500. The Kier molecular flexibility index (Phi) is 4.72. The number of halogens is 2. The lowest BCUT2D eigenvalue weighted by Gasteiger charge is -2.40. The van der Waals surface area contributed by atoms with Crippen LogP contribution in [-0.2, 0) is 6.54 Å². The van der Waals surface area contributed by atoms with Gasteiger partial charge in [-0.1, -0.05) is 12.1 Å². The molecule has 27 heavy (non-hydrogen) atoms. The third kappa shape index (κ3) is 3.48. The Labute approximate surface area is 157 Å². The number of carbonyl (C=O) groups excluding carboxylic acids is 1. The molecule has 4 rings (SSSR count). The van der Waals surface area contributed by atoms with Crippen molar-refractivity contribution in [1.29, 1.82) is 0 Å². The van der Waals surface area contributed by atoms with E-state index in [-0.39, 0.29) is 11.3 Å². The highest BCUT2D eigenvalue weighted by atomic mass is 19.2. The standard InChI is InChI=1S/C20H23F2N3O2/c1-14-18(27-13-23-14)19(26)25-9-7-20(12-25)6-3-8-24(11-20)10-15-4-2-5-16(21)17(15)22/h2,4-5,13H,3,6-12H2,1H3/t20-/m1/s1. The van der Waals surface area contributed by atoms with E-state index >= 15 is 0 Å². The molecule has 1 amide bonds. The Balaban J connectivity index is 1.44. The van der Waals surface area contributed by atoms with Gasteiger partial charge in [0, 0.05) is 37.2 Å². The van der Waals surface area contributed by atoms with Crippen LogP contribution in [0.4, 0.5) is 8.78 Å². The van der Waals surface area contributed by atoms with Crippen molar-refractivity contribution in [1.82, 2.24) is 14.8 Å². The normalized spacial score (nSPS) is 23.3. The first-order chi connectivity index (χ1) is 13.0. The minimum absolute atomic E-state index is 0.00559. The summed E-state index contributed by atoms with van der Waals surface area (Å²) in [6.45, 7) is 5.13. The summed E-state index contributed by atoms with van der Waals surface area (Å²) < 4.78 is 32.7. The smallest absolute Gasteiger partial charge is 0.291 e. The molecular formula is C20H23F2N3O2. The zero-order valence-corrected chi connectivity index (χ0v) is 15.4. The minimum atomic E-state index is -0.806. The third-order valence-corrected chi connectivity index (χ3v) is 5.83. The molecule has 1 aromatic heterocycles. The second-order valence-corrected chi connectivity index (χ2v) is 7.77. The highest BCUT2D eigenvalue weighted by Gasteiger charge is 2.43. The lowest BCUT2D eigenvalue weighted by atomic mass is 9.79. The number of piperidine rings is 1. The Morgan fingerprint density at radius 1 is 1.26 bits per heavy atom. The lowest BCUT2D eigenvalue weighted by Crippen LogP contribution is -2.45. The van der Waals surface area contributed by atoms with Crippen LogP contribution < -0.4 is 0 Å². The predicted octanol–water partition coefficient (Wildman–Crippen LogP) is 3.39. The average molecular weight is 375 g/mol. The molecule has 0 unspecified atom stereocenters. The molecule has 0 radical (unpaired) electrons. The number of aromatic nitrogens is 1. The number of likely N-dealkylation sites (tertiary alicyclic amines) is 2. The lowest BCUT2D eigenvalue weighted by molar-refractivity contribution is 0.0648. The van der Waals surface area contributed by atoms with Crippen molar-refractivity contribution in [2.75, 3.05) is 26.2 Å². The van der Waals surface area contributed by atoms with Crippen LogP contribution in [-0.4, -0.2) is 46.9 Å². The highest BCUT2D eigenvalue weighted by molar-refractivity contribution is 5.92. The fourth-order valence-corrected chi connectivity index (χ4v) is 4.45. The molecule has 1 spiro atoms. The second kappa shape index (κ2) is 7.03. The number of hydrogen-bond donors (Lipinski definition) is 0. The molecule has 0 saturated carbocycles. The molecule has 0 bridgehead atoms. The van der Waals surface area contributed by atoms with Gasteiger partial charge < -0.3 is 9.32 Å². The van der Waals surface area contributed by atoms with E-state index in [1.165, 1.54) is 6.39 Å². The molecule has 1 aromatic carbocycles. The van der Waals surface area contributed by atoms with E-state index < -0.39 is 11.6 Å². The van der Waals surface area contributed by atoms with Gasteiger partial charge in [0.15, 0.2) is 18.0 Å². The molecule has 2 saturated heterocycles. The number of benzene rings is 1. The summed E-state index contributed by atoms with van der Waals surface area (Å²) in [4.78, 5) is 20.7. The molecule has 144 valence electrons. The van der Waals surface area contributed by atoms with Crippen LogP contribution in [0.5, 0.6) is 0 Å². The van der Waals surface area contributed by atoms with E-state index in [9.17, 15) is 13.6 Å². The molecule has 5 nitrogen and oxygen atoms in total. The predicted molar refractivity (Wildman–Crippen MR) is 95.1 cm³/mol. The van der Waals surface area contributed by atoms with E-state index in [1.807, 2.05) is 4.90 Å². The van der Waals surface area contributed by atoms with Crippen LogP contribution in [0.1, 0.15) is 41.1 Å². The summed E-state index contributed by atoms with van der Waals surface area (Å²) in [6.07, 6.45) is 4.23. The summed E-state index contributed by atoms with van der Waals surface area (Å²) in [5, 5.41) is 0. The molecule has 2 fully saturated rings. The van der Waals surface area contributed by atoms with Crippen LogP contribution in [0, 0.1) is 24.0 Å². The Bertz CT molecular complexity index is 854. The first-order valence-electron chi connectivity index (χ1n) is 9.32. The molecule has 2 aromatic rings. The second-order valence-electron chi connectivity index (χ2n) is 7.77. The van der Waals surface area contributed by atoms with Crippen LogP contribution in [0.15, 0.2) is 29.0 Å². The maximum Gasteiger partial charge on any atom is 0.291 e. The van der Waals surface area contributed by atoms with Crippen molar-refractivity contribution in [2.24, 2.45) is 5.41 Å². The van der Waals surface area contributed by atoms with Crippen LogP contribution >= 0.6 is 0 Å². The van der Waals surface area contributed by atoms with Gasteiger partial charge in [0.2, 0.25) is 5.76 Å².